The second-order valence-electron chi connectivity index (χ2n) is 8.55. The van der Waals surface area contributed by atoms with E-state index in [1.54, 1.807) is 27.8 Å². The predicted molar refractivity (Wildman–Crippen MR) is 127 cm³/mol. The molecule has 2 N–H and O–H groups in total. The summed E-state index contributed by atoms with van der Waals surface area (Å²) in [6, 6.07) is 8.68. The van der Waals surface area contributed by atoms with Crippen molar-refractivity contribution in [2.24, 2.45) is 4.99 Å². The zero-order valence-electron chi connectivity index (χ0n) is 17.7. The van der Waals surface area contributed by atoms with Gasteiger partial charge in [-0.3, -0.25) is 4.99 Å². The highest BCUT2D eigenvalue weighted by Crippen LogP contribution is 2.22. The first-order valence-corrected chi connectivity index (χ1v) is 10.8. The minimum Gasteiger partial charge on any atom is -0.356 e. The van der Waals surface area contributed by atoms with Crippen molar-refractivity contribution in [3.63, 3.8) is 0 Å². The quantitative estimate of drug-likeness (QED) is 0.350. The Labute approximate surface area is 182 Å². The molecule has 0 aliphatic heterocycles. The van der Waals surface area contributed by atoms with Crippen molar-refractivity contribution in [2.45, 2.75) is 58.1 Å². The molecule has 0 aliphatic rings. The molecule has 156 valence electrons. The maximum absolute atomic E-state index is 12.1. The molecule has 1 aromatic rings. The molecule has 0 aliphatic carbocycles. The Kier molecular flexibility index (Phi) is 10.3. The molecule has 0 unspecified atom stereocenters. The van der Waals surface area contributed by atoms with E-state index in [0.29, 0.717) is 12.5 Å². The number of nitrogens with one attached hydrogen (secondary N) is 2. The molecule has 0 saturated heterocycles. The number of halogens is 1. The number of nitrogens with zero attached hydrogens (tertiary/aromatic N) is 1. The summed E-state index contributed by atoms with van der Waals surface area (Å²) < 4.78 is 23.5. The van der Waals surface area contributed by atoms with E-state index in [2.05, 4.69) is 60.7 Å². The lowest BCUT2D eigenvalue weighted by molar-refractivity contribution is 0.559. The Hall–Kier alpha value is -0.830. The second-order valence-corrected chi connectivity index (χ2v) is 11.4. The third-order valence-electron chi connectivity index (χ3n) is 4.35. The van der Waals surface area contributed by atoms with Crippen molar-refractivity contribution >= 4 is 39.8 Å². The Balaban J connectivity index is 0.00000676. The first-order valence-electron chi connectivity index (χ1n) is 9.13. The lowest BCUT2D eigenvalue weighted by atomic mass is 9.86. The van der Waals surface area contributed by atoms with Gasteiger partial charge in [-0.25, -0.2) is 8.42 Å². The third kappa shape index (κ3) is 8.81. The van der Waals surface area contributed by atoms with Crippen LogP contribution in [-0.2, 0) is 21.7 Å². The van der Waals surface area contributed by atoms with Crippen LogP contribution in [-0.4, -0.2) is 45.0 Å². The minimum atomic E-state index is -3.13. The van der Waals surface area contributed by atoms with Crippen LogP contribution in [0.3, 0.4) is 0 Å². The highest BCUT2D eigenvalue weighted by atomic mass is 127. The predicted octanol–water partition coefficient (Wildman–Crippen LogP) is 3.52. The average molecular weight is 509 g/mol. The van der Waals surface area contributed by atoms with Crippen molar-refractivity contribution in [3.05, 3.63) is 35.4 Å². The van der Waals surface area contributed by atoms with E-state index in [0.717, 1.165) is 13.0 Å². The molecule has 5 nitrogen and oxygen atoms in total. The van der Waals surface area contributed by atoms with E-state index < -0.39 is 14.6 Å². The number of sulfone groups is 1. The number of aliphatic imine (C=N–C) groups is 1. The van der Waals surface area contributed by atoms with E-state index in [1.165, 1.54) is 11.1 Å². The van der Waals surface area contributed by atoms with Gasteiger partial charge in [-0.1, -0.05) is 45.0 Å². The number of benzene rings is 1. The van der Waals surface area contributed by atoms with Crippen LogP contribution in [0.5, 0.6) is 0 Å². The Bertz CT molecular complexity index is 700. The van der Waals surface area contributed by atoms with Crippen LogP contribution in [0.1, 0.15) is 52.7 Å². The molecule has 7 heteroatoms. The molecule has 0 amide bonds. The molecular weight excluding hydrogens is 473 g/mol. The fraction of sp³-hybridized carbons (Fsp3) is 0.650. The smallest absolute Gasteiger partial charge is 0.191 e. The summed E-state index contributed by atoms with van der Waals surface area (Å²) in [7, 11) is -1.44. The maximum Gasteiger partial charge on any atom is 0.191 e. The SMILES string of the molecule is CN=C(NCCc1ccc(C(C)(C)C)cc1)NCCS(=O)(=O)C(C)(C)C.I. The van der Waals surface area contributed by atoms with Crippen LogP contribution in [0, 0.1) is 0 Å². The normalized spacial score (nSPS) is 13.1. The highest BCUT2D eigenvalue weighted by Gasteiger charge is 2.28. The summed E-state index contributed by atoms with van der Waals surface area (Å²) in [4.78, 5) is 4.15. The third-order valence-corrected chi connectivity index (χ3v) is 6.95. The van der Waals surface area contributed by atoms with Crippen LogP contribution in [0.25, 0.3) is 0 Å². The number of hydrogen-bond donors (Lipinski definition) is 2. The topological polar surface area (TPSA) is 70.6 Å². The fourth-order valence-corrected chi connectivity index (χ4v) is 3.31. The van der Waals surface area contributed by atoms with Gasteiger partial charge in [0.25, 0.3) is 0 Å². The van der Waals surface area contributed by atoms with Crippen LogP contribution in [0.15, 0.2) is 29.3 Å². The Morgan fingerprint density at radius 2 is 1.48 bits per heavy atom. The van der Waals surface area contributed by atoms with Crippen molar-refractivity contribution in [1.29, 1.82) is 0 Å². The summed E-state index contributed by atoms with van der Waals surface area (Å²) >= 11 is 0. The summed E-state index contributed by atoms with van der Waals surface area (Å²) in [6.07, 6.45) is 0.880. The first-order chi connectivity index (χ1) is 11.9. The van der Waals surface area contributed by atoms with E-state index in [9.17, 15) is 8.42 Å². The van der Waals surface area contributed by atoms with Gasteiger partial charge >= 0.3 is 0 Å². The van der Waals surface area contributed by atoms with Crippen molar-refractivity contribution in [1.82, 2.24) is 10.6 Å². The molecule has 27 heavy (non-hydrogen) atoms. The minimum absolute atomic E-state index is 0. The molecule has 0 radical (unpaired) electrons. The largest absolute Gasteiger partial charge is 0.356 e. The van der Waals surface area contributed by atoms with Crippen LogP contribution >= 0.6 is 24.0 Å². The second kappa shape index (κ2) is 10.6. The number of hydrogen-bond acceptors (Lipinski definition) is 3. The van der Waals surface area contributed by atoms with E-state index in [1.807, 2.05) is 0 Å². The van der Waals surface area contributed by atoms with Crippen molar-refractivity contribution in [3.8, 4) is 0 Å². The fourth-order valence-electron chi connectivity index (χ4n) is 2.33. The molecule has 0 bridgehead atoms. The van der Waals surface area contributed by atoms with Gasteiger partial charge in [0.2, 0.25) is 0 Å². The molecule has 1 rings (SSSR count). The van der Waals surface area contributed by atoms with Gasteiger partial charge in [0.05, 0.1) is 10.5 Å². The van der Waals surface area contributed by atoms with Gasteiger partial charge in [0.1, 0.15) is 0 Å². The van der Waals surface area contributed by atoms with Gasteiger partial charge in [0, 0.05) is 20.1 Å². The average Bonchev–Trinajstić information content (AvgIpc) is 2.51. The summed E-state index contributed by atoms with van der Waals surface area (Å²) in [5, 5.41) is 6.30. The standard InChI is InChI=1S/C20H35N3O2S.HI/c1-19(2,3)17-10-8-16(9-11-17)12-13-22-18(21-7)23-14-15-26(24,25)20(4,5)6;/h8-11H,12-15H2,1-7H3,(H2,21,22,23);1H. The van der Waals surface area contributed by atoms with E-state index in [4.69, 9.17) is 0 Å². The number of rotatable bonds is 6. The Morgan fingerprint density at radius 3 is 1.93 bits per heavy atom. The van der Waals surface area contributed by atoms with Crippen LogP contribution in [0.4, 0.5) is 0 Å². The zero-order valence-corrected chi connectivity index (χ0v) is 20.9. The van der Waals surface area contributed by atoms with Gasteiger partial charge in [-0.05, 0) is 43.7 Å². The van der Waals surface area contributed by atoms with E-state index >= 15 is 0 Å². The molecule has 0 saturated carbocycles. The van der Waals surface area contributed by atoms with Crippen LogP contribution in [0.2, 0.25) is 0 Å². The highest BCUT2D eigenvalue weighted by molar-refractivity contribution is 14.0. The van der Waals surface area contributed by atoms with Crippen LogP contribution < -0.4 is 10.6 Å². The summed E-state index contributed by atoms with van der Waals surface area (Å²) in [5.74, 6) is 0.714. The maximum atomic E-state index is 12.1. The van der Waals surface area contributed by atoms with Gasteiger partial charge in [-0.2, -0.15) is 0 Å². The molecular formula is C20H36IN3O2S. The molecule has 0 fully saturated rings. The molecule has 0 aromatic heterocycles. The lowest BCUT2D eigenvalue weighted by Gasteiger charge is -2.20. The zero-order chi connectivity index (χ0) is 20.0. The van der Waals surface area contributed by atoms with Crippen molar-refractivity contribution in [2.75, 3.05) is 25.9 Å². The first kappa shape index (κ1) is 26.2. The number of guanidine groups is 1. The van der Waals surface area contributed by atoms with E-state index in [-0.39, 0.29) is 35.1 Å². The molecule has 0 spiro atoms. The lowest BCUT2D eigenvalue weighted by Crippen LogP contribution is -2.42. The van der Waals surface area contributed by atoms with Gasteiger partial charge in [-0.15, -0.1) is 24.0 Å². The van der Waals surface area contributed by atoms with Crippen molar-refractivity contribution < 1.29 is 8.42 Å². The summed E-state index contributed by atoms with van der Waals surface area (Å²) in [6.45, 7) is 12.9. The summed E-state index contributed by atoms with van der Waals surface area (Å²) in [5.41, 5.74) is 2.75. The monoisotopic (exact) mass is 509 g/mol. The Morgan fingerprint density at radius 1 is 0.963 bits per heavy atom. The molecule has 1 aromatic carbocycles. The molecule has 0 atom stereocenters. The molecule has 0 heterocycles. The van der Waals surface area contributed by atoms with Gasteiger partial charge < -0.3 is 10.6 Å². The van der Waals surface area contributed by atoms with Gasteiger partial charge in [0.15, 0.2) is 15.8 Å².